The lowest BCUT2D eigenvalue weighted by Crippen LogP contribution is -2.70. The zero-order valence-electron chi connectivity index (χ0n) is 15.8. The molecule has 2 amide bonds. The van der Waals surface area contributed by atoms with E-state index in [1.54, 1.807) is 39.1 Å². The topological polar surface area (TPSA) is 82.9 Å². The lowest BCUT2D eigenvalue weighted by molar-refractivity contribution is -0.164. The first kappa shape index (κ1) is 19.3. The molecule has 0 saturated carbocycles. The van der Waals surface area contributed by atoms with Crippen molar-refractivity contribution >= 4 is 37.1 Å². The van der Waals surface area contributed by atoms with Crippen LogP contribution >= 0.6 is 25.3 Å². The summed E-state index contributed by atoms with van der Waals surface area (Å²) in [6.45, 7) is 3.68. The average molecular weight is 420 g/mol. The van der Waals surface area contributed by atoms with Gasteiger partial charge in [-0.2, -0.15) is 5.26 Å². The van der Waals surface area contributed by atoms with Gasteiger partial charge in [0.2, 0.25) is 6.79 Å². The number of fused-ring (bicyclic) bond motifs is 2. The largest absolute Gasteiger partial charge is 0.454 e. The number of benzene rings is 1. The predicted molar refractivity (Wildman–Crippen MR) is 107 cm³/mol. The minimum Gasteiger partial charge on any atom is -0.454 e. The van der Waals surface area contributed by atoms with Crippen LogP contribution in [0.5, 0.6) is 11.5 Å². The molecule has 9 heteroatoms. The Morgan fingerprint density at radius 1 is 1.25 bits per heavy atom. The molecule has 7 nitrogen and oxygen atoms in total. The summed E-state index contributed by atoms with van der Waals surface area (Å²) < 4.78 is 10.8. The van der Waals surface area contributed by atoms with Gasteiger partial charge >= 0.3 is 0 Å². The number of ether oxygens (including phenoxy) is 2. The van der Waals surface area contributed by atoms with E-state index in [0.29, 0.717) is 23.5 Å². The van der Waals surface area contributed by atoms with Crippen LogP contribution in [0, 0.1) is 16.7 Å². The van der Waals surface area contributed by atoms with Crippen LogP contribution in [0.4, 0.5) is 0 Å². The number of carbonyl (C=O) groups is 2. The van der Waals surface area contributed by atoms with Gasteiger partial charge in [0.1, 0.15) is 0 Å². The van der Waals surface area contributed by atoms with Gasteiger partial charge < -0.3 is 19.3 Å². The molecule has 0 N–H and O–H groups in total. The monoisotopic (exact) mass is 419 g/mol. The van der Waals surface area contributed by atoms with Crippen LogP contribution < -0.4 is 9.47 Å². The first-order valence-corrected chi connectivity index (χ1v) is 9.89. The molecule has 3 heterocycles. The fourth-order valence-corrected chi connectivity index (χ4v) is 5.40. The summed E-state index contributed by atoms with van der Waals surface area (Å²) in [6, 6.07) is 6.98. The molecule has 4 atom stereocenters. The van der Waals surface area contributed by atoms with Gasteiger partial charge in [-0.05, 0) is 31.0 Å². The van der Waals surface area contributed by atoms with Crippen molar-refractivity contribution in [2.45, 2.75) is 42.5 Å². The molecule has 0 aromatic heterocycles. The Hall–Kier alpha value is -2.05. The maximum Gasteiger partial charge on any atom is 0.260 e. The van der Waals surface area contributed by atoms with Crippen molar-refractivity contribution in [3.8, 4) is 17.6 Å². The number of likely N-dealkylation sites (N-methyl/N-ethyl adjacent to an activating group) is 1. The maximum atomic E-state index is 13.6. The smallest absolute Gasteiger partial charge is 0.260 e. The van der Waals surface area contributed by atoms with E-state index >= 15 is 0 Å². The third-order valence-electron chi connectivity index (χ3n) is 6.10. The summed E-state index contributed by atoms with van der Waals surface area (Å²) in [5.74, 6) is 0.486. The SMILES string of the molecule is CC[C@@]1(S)C(=O)N2C(c3ccc4c(c3)OCO4)[C@@](C)(C#N)CC2(S)C(=O)N1C. The molecule has 0 aliphatic carbocycles. The van der Waals surface area contributed by atoms with E-state index < -0.39 is 21.2 Å². The number of hydrogen-bond acceptors (Lipinski definition) is 7. The number of carbonyl (C=O) groups excluding carboxylic acids is 2. The van der Waals surface area contributed by atoms with Crippen molar-refractivity contribution in [1.29, 1.82) is 5.26 Å². The average Bonchev–Trinajstić information content (AvgIpc) is 3.24. The summed E-state index contributed by atoms with van der Waals surface area (Å²) in [4.78, 5) is 26.9. The second-order valence-electron chi connectivity index (χ2n) is 7.75. The Balaban J connectivity index is 1.91. The molecule has 2 saturated heterocycles. The highest BCUT2D eigenvalue weighted by Crippen LogP contribution is 2.60. The van der Waals surface area contributed by atoms with Crippen molar-refractivity contribution in [3.63, 3.8) is 0 Å². The number of nitriles is 1. The van der Waals surface area contributed by atoms with Crippen LogP contribution in [0.3, 0.4) is 0 Å². The second-order valence-corrected chi connectivity index (χ2v) is 9.23. The van der Waals surface area contributed by atoms with Crippen LogP contribution in [0.15, 0.2) is 18.2 Å². The molecule has 4 rings (SSSR count). The van der Waals surface area contributed by atoms with Crippen LogP contribution in [0.2, 0.25) is 0 Å². The highest BCUT2D eigenvalue weighted by atomic mass is 32.1. The van der Waals surface area contributed by atoms with Crippen LogP contribution in [0.25, 0.3) is 0 Å². The molecule has 0 spiro atoms. The molecule has 1 aromatic rings. The summed E-state index contributed by atoms with van der Waals surface area (Å²) in [7, 11) is 1.56. The number of thiol groups is 2. The van der Waals surface area contributed by atoms with Crippen molar-refractivity contribution in [2.24, 2.45) is 5.41 Å². The quantitative estimate of drug-likeness (QED) is 0.719. The Morgan fingerprint density at radius 2 is 1.93 bits per heavy atom. The summed E-state index contributed by atoms with van der Waals surface area (Å²) in [5, 5.41) is 10.0. The van der Waals surface area contributed by atoms with Crippen molar-refractivity contribution < 1.29 is 19.1 Å². The normalized spacial score (nSPS) is 36.5. The summed E-state index contributed by atoms with van der Waals surface area (Å²) in [6.07, 6.45) is 0.440. The number of amides is 2. The molecule has 3 aliphatic heterocycles. The molecule has 1 aromatic carbocycles. The molecule has 148 valence electrons. The van der Waals surface area contributed by atoms with Crippen LogP contribution in [-0.2, 0) is 9.59 Å². The van der Waals surface area contributed by atoms with Crippen molar-refractivity contribution in [2.75, 3.05) is 13.8 Å². The first-order chi connectivity index (χ1) is 13.1. The van der Waals surface area contributed by atoms with Gasteiger partial charge in [0, 0.05) is 13.5 Å². The molecular weight excluding hydrogens is 398 g/mol. The van der Waals surface area contributed by atoms with E-state index in [0.717, 1.165) is 0 Å². The standard InChI is InChI=1S/C19H21N3O4S2/c1-4-18(27)16(24)22-14(11-5-6-12-13(7-11)26-10-25-12)17(2,9-20)8-19(22,28)15(23)21(18)3/h5-7,14,27-28H,4,8,10H2,1-3H3/t14?,17-,18-,19?/m1/s1. The Kier molecular flexibility index (Phi) is 4.11. The van der Waals surface area contributed by atoms with E-state index in [9.17, 15) is 14.9 Å². The number of hydrogen-bond donors (Lipinski definition) is 2. The van der Waals surface area contributed by atoms with Gasteiger partial charge in [0.05, 0.1) is 17.5 Å². The third kappa shape index (κ3) is 2.25. The maximum absolute atomic E-state index is 13.6. The Labute approximate surface area is 174 Å². The lowest BCUT2D eigenvalue weighted by Gasteiger charge is -2.51. The molecule has 0 bridgehead atoms. The minimum absolute atomic E-state index is 0.112. The molecule has 28 heavy (non-hydrogen) atoms. The van der Waals surface area contributed by atoms with Gasteiger partial charge in [-0.25, -0.2) is 0 Å². The number of nitrogens with zero attached hydrogens (tertiary/aromatic N) is 3. The lowest BCUT2D eigenvalue weighted by atomic mass is 9.79. The highest BCUT2D eigenvalue weighted by molar-refractivity contribution is 7.83. The van der Waals surface area contributed by atoms with Crippen molar-refractivity contribution in [1.82, 2.24) is 9.80 Å². The molecule has 2 fully saturated rings. The fourth-order valence-electron chi connectivity index (χ4n) is 4.52. The van der Waals surface area contributed by atoms with Gasteiger partial charge in [-0.3, -0.25) is 9.59 Å². The first-order valence-electron chi connectivity index (χ1n) is 9.00. The van der Waals surface area contributed by atoms with Gasteiger partial charge in [-0.15, -0.1) is 25.3 Å². The third-order valence-corrected chi connectivity index (χ3v) is 7.47. The van der Waals surface area contributed by atoms with Crippen LogP contribution in [-0.4, -0.2) is 45.2 Å². The zero-order chi connectivity index (χ0) is 20.5. The molecular formula is C19H21N3O4S2. The molecule has 0 radical (unpaired) electrons. The zero-order valence-corrected chi connectivity index (χ0v) is 17.6. The Bertz CT molecular complexity index is 934. The van der Waals surface area contributed by atoms with Gasteiger partial charge in [0.25, 0.3) is 11.8 Å². The molecule has 2 unspecified atom stereocenters. The van der Waals surface area contributed by atoms with Crippen molar-refractivity contribution in [3.05, 3.63) is 23.8 Å². The minimum atomic E-state index is -1.42. The molecule has 3 aliphatic rings. The van der Waals surface area contributed by atoms with Crippen LogP contribution in [0.1, 0.15) is 38.3 Å². The van der Waals surface area contributed by atoms with E-state index in [1.165, 1.54) is 9.80 Å². The number of piperazine rings is 1. The van der Waals surface area contributed by atoms with Gasteiger partial charge in [-0.1, -0.05) is 13.0 Å². The van der Waals surface area contributed by atoms with E-state index in [2.05, 4.69) is 31.3 Å². The highest BCUT2D eigenvalue weighted by Gasteiger charge is 2.69. The summed E-state index contributed by atoms with van der Waals surface area (Å²) >= 11 is 9.24. The fraction of sp³-hybridized carbons (Fsp3) is 0.526. The van der Waals surface area contributed by atoms with E-state index in [4.69, 9.17) is 9.47 Å². The van der Waals surface area contributed by atoms with Gasteiger partial charge in [0.15, 0.2) is 21.2 Å². The number of rotatable bonds is 2. The van der Waals surface area contributed by atoms with E-state index in [1.807, 2.05) is 0 Å². The second kappa shape index (κ2) is 5.97. The predicted octanol–water partition coefficient (Wildman–Crippen LogP) is 2.35. The summed E-state index contributed by atoms with van der Waals surface area (Å²) in [5.41, 5.74) is -0.323. The van der Waals surface area contributed by atoms with E-state index in [-0.39, 0.29) is 25.0 Å². The Morgan fingerprint density at radius 3 is 2.57 bits per heavy atom.